The van der Waals surface area contributed by atoms with Crippen molar-refractivity contribution in [2.24, 2.45) is 11.7 Å². The van der Waals surface area contributed by atoms with Gasteiger partial charge in [-0.1, -0.05) is 13.0 Å². The molecule has 1 fully saturated rings. The van der Waals surface area contributed by atoms with Gasteiger partial charge < -0.3 is 10.6 Å². The van der Waals surface area contributed by atoms with Gasteiger partial charge in [0.05, 0.1) is 4.92 Å². The molecule has 2 unspecified atom stereocenters. The minimum absolute atomic E-state index is 0.0161. The van der Waals surface area contributed by atoms with Gasteiger partial charge in [-0.25, -0.2) is 0 Å². The van der Waals surface area contributed by atoms with Crippen molar-refractivity contribution in [3.8, 4) is 0 Å². The van der Waals surface area contributed by atoms with E-state index >= 15 is 0 Å². The van der Waals surface area contributed by atoms with Crippen LogP contribution in [0.3, 0.4) is 0 Å². The fourth-order valence-corrected chi connectivity index (χ4v) is 2.47. The summed E-state index contributed by atoms with van der Waals surface area (Å²) in [5, 5.41) is 10.9. The lowest BCUT2D eigenvalue weighted by Crippen LogP contribution is -2.48. The number of likely N-dealkylation sites (tertiary alicyclic amines) is 1. The Hall–Kier alpha value is -1.95. The molecular formula is C14H19N3O3. The van der Waals surface area contributed by atoms with Gasteiger partial charge in [-0.3, -0.25) is 14.9 Å². The van der Waals surface area contributed by atoms with Crippen LogP contribution in [-0.4, -0.2) is 34.9 Å². The summed E-state index contributed by atoms with van der Waals surface area (Å²) in [4.78, 5) is 24.6. The maximum atomic E-state index is 12.4. The molecule has 2 N–H and O–H groups in total. The Morgan fingerprint density at radius 2 is 2.20 bits per heavy atom. The molecule has 0 bridgehead atoms. The van der Waals surface area contributed by atoms with Crippen LogP contribution in [0.5, 0.6) is 0 Å². The molecular weight excluding hydrogens is 258 g/mol. The number of benzene rings is 1. The number of nitro groups is 1. The van der Waals surface area contributed by atoms with E-state index in [4.69, 9.17) is 5.73 Å². The van der Waals surface area contributed by atoms with E-state index in [1.54, 1.807) is 24.0 Å². The molecule has 0 radical (unpaired) electrons. The lowest BCUT2D eigenvalue weighted by atomic mass is 9.94. The van der Waals surface area contributed by atoms with Crippen LogP contribution in [-0.2, 0) is 0 Å². The average Bonchev–Trinajstić information content (AvgIpc) is 2.41. The summed E-state index contributed by atoms with van der Waals surface area (Å²) in [6.07, 6.45) is 0.765. The number of hydrogen-bond acceptors (Lipinski definition) is 4. The lowest BCUT2D eigenvalue weighted by Gasteiger charge is -2.35. The maximum absolute atomic E-state index is 12.4. The Balaban J connectivity index is 2.21. The van der Waals surface area contributed by atoms with Crippen LogP contribution in [0.4, 0.5) is 5.69 Å². The van der Waals surface area contributed by atoms with Gasteiger partial charge in [-0.2, -0.15) is 0 Å². The number of aryl methyl sites for hydroxylation is 1. The van der Waals surface area contributed by atoms with Crippen LogP contribution in [0.15, 0.2) is 18.2 Å². The van der Waals surface area contributed by atoms with Gasteiger partial charge in [-0.15, -0.1) is 0 Å². The number of carbonyl (C=O) groups excluding carboxylic acids is 1. The van der Waals surface area contributed by atoms with Crippen LogP contribution in [0.1, 0.15) is 29.3 Å². The van der Waals surface area contributed by atoms with E-state index in [2.05, 4.69) is 0 Å². The zero-order chi connectivity index (χ0) is 14.9. The highest BCUT2D eigenvalue weighted by Crippen LogP contribution is 2.22. The molecule has 1 aromatic carbocycles. The first kappa shape index (κ1) is 14.5. The number of nitrogens with two attached hydrogens (primary N) is 1. The number of rotatable bonds is 2. The van der Waals surface area contributed by atoms with E-state index in [1.165, 1.54) is 6.07 Å². The topological polar surface area (TPSA) is 89.5 Å². The fraction of sp³-hybridized carbons (Fsp3) is 0.500. The van der Waals surface area contributed by atoms with E-state index < -0.39 is 4.92 Å². The molecule has 1 amide bonds. The predicted octanol–water partition coefficient (Wildman–Crippen LogP) is 1.71. The largest absolute Gasteiger partial charge is 0.338 e. The smallest absolute Gasteiger partial charge is 0.273 e. The average molecular weight is 277 g/mol. The van der Waals surface area contributed by atoms with Gasteiger partial charge >= 0.3 is 0 Å². The molecule has 0 spiro atoms. The number of carbonyl (C=O) groups is 1. The summed E-state index contributed by atoms with van der Waals surface area (Å²) >= 11 is 0. The van der Waals surface area contributed by atoms with Crippen LogP contribution in [0.2, 0.25) is 0 Å². The van der Waals surface area contributed by atoms with Gasteiger partial charge in [0.1, 0.15) is 0 Å². The Bertz CT molecular complexity index is 544. The van der Waals surface area contributed by atoms with Gasteiger partial charge in [0.15, 0.2) is 0 Å². The van der Waals surface area contributed by atoms with Crippen LogP contribution in [0, 0.1) is 23.0 Å². The molecule has 0 aromatic heterocycles. The molecule has 1 saturated heterocycles. The number of piperidine rings is 1. The maximum Gasteiger partial charge on any atom is 0.273 e. The molecule has 1 aromatic rings. The molecule has 2 rings (SSSR count). The molecule has 2 atom stereocenters. The third-order valence-electron chi connectivity index (χ3n) is 3.91. The third kappa shape index (κ3) is 2.80. The summed E-state index contributed by atoms with van der Waals surface area (Å²) in [7, 11) is 0. The number of hydrogen-bond donors (Lipinski definition) is 1. The van der Waals surface area contributed by atoms with Crippen LogP contribution in [0.25, 0.3) is 0 Å². The van der Waals surface area contributed by atoms with Crippen molar-refractivity contribution in [1.82, 2.24) is 4.90 Å². The highest BCUT2D eigenvalue weighted by molar-refractivity contribution is 5.95. The van der Waals surface area contributed by atoms with Crippen molar-refractivity contribution in [1.29, 1.82) is 0 Å². The highest BCUT2D eigenvalue weighted by atomic mass is 16.6. The summed E-state index contributed by atoms with van der Waals surface area (Å²) in [5.41, 5.74) is 6.84. The SMILES string of the molecule is Cc1ccc(C(=O)N2CCC(N)C(C)C2)cc1[N+](=O)[O-]. The van der Waals surface area contributed by atoms with Crippen molar-refractivity contribution in [3.05, 3.63) is 39.4 Å². The van der Waals surface area contributed by atoms with Gasteiger partial charge in [0, 0.05) is 36.3 Å². The predicted molar refractivity (Wildman–Crippen MR) is 75.5 cm³/mol. The first-order valence-electron chi connectivity index (χ1n) is 6.70. The zero-order valence-electron chi connectivity index (χ0n) is 11.7. The molecule has 0 aliphatic carbocycles. The van der Waals surface area contributed by atoms with Crippen molar-refractivity contribution < 1.29 is 9.72 Å². The van der Waals surface area contributed by atoms with Gasteiger partial charge in [-0.05, 0) is 25.3 Å². The minimum atomic E-state index is -0.457. The molecule has 1 aliphatic heterocycles. The third-order valence-corrected chi connectivity index (χ3v) is 3.91. The Morgan fingerprint density at radius 1 is 1.50 bits per heavy atom. The normalized spacial score (nSPS) is 22.6. The van der Waals surface area contributed by atoms with E-state index in [-0.39, 0.29) is 23.6 Å². The Labute approximate surface area is 117 Å². The highest BCUT2D eigenvalue weighted by Gasteiger charge is 2.27. The Morgan fingerprint density at radius 3 is 2.80 bits per heavy atom. The second-order valence-electron chi connectivity index (χ2n) is 5.44. The molecule has 6 heteroatoms. The van der Waals surface area contributed by atoms with E-state index in [9.17, 15) is 14.9 Å². The first-order chi connectivity index (χ1) is 9.40. The van der Waals surface area contributed by atoms with E-state index in [1.807, 2.05) is 6.92 Å². The molecule has 1 aliphatic rings. The monoisotopic (exact) mass is 277 g/mol. The minimum Gasteiger partial charge on any atom is -0.338 e. The number of amides is 1. The standard InChI is InChI=1S/C14H19N3O3/c1-9-3-4-11(7-13(9)17(19)20)14(18)16-6-5-12(15)10(2)8-16/h3-4,7,10,12H,5-6,8,15H2,1-2H3. The summed E-state index contributed by atoms with van der Waals surface area (Å²) < 4.78 is 0. The summed E-state index contributed by atoms with van der Waals surface area (Å²) in [5.74, 6) is 0.0833. The zero-order valence-corrected chi connectivity index (χ0v) is 11.7. The van der Waals surface area contributed by atoms with Crippen molar-refractivity contribution in [3.63, 3.8) is 0 Å². The summed E-state index contributed by atoms with van der Waals surface area (Å²) in [6.45, 7) is 4.88. The number of nitrogens with zero attached hydrogens (tertiary/aromatic N) is 2. The van der Waals surface area contributed by atoms with E-state index in [0.717, 1.165) is 6.42 Å². The molecule has 0 saturated carbocycles. The molecule has 20 heavy (non-hydrogen) atoms. The number of nitro benzene ring substituents is 1. The summed E-state index contributed by atoms with van der Waals surface area (Å²) in [6, 6.07) is 4.73. The fourth-order valence-electron chi connectivity index (χ4n) is 2.47. The molecule has 1 heterocycles. The van der Waals surface area contributed by atoms with Crippen LogP contribution < -0.4 is 5.73 Å². The molecule has 108 valence electrons. The first-order valence-corrected chi connectivity index (χ1v) is 6.70. The lowest BCUT2D eigenvalue weighted by molar-refractivity contribution is -0.385. The van der Waals surface area contributed by atoms with Crippen molar-refractivity contribution in [2.45, 2.75) is 26.3 Å². The van der Waals surface area contributed by atoms with Crippen LogP contribution >= 0.6 is 0 Å². The van der Waals surface area contributed by atoms with Gasteiger partial charge in [0.25, 0.3) is 11.6 Å². The second kappa shape index (κ2) is 5.58. The van der Waals surface area contributed by atoms with Crippen molar-refractivity contribution in [2.75, 3.05) is 13.1 Å². The Kier molecular flexibility index (Phi) is 4.04. The second-order valence-corrected chi connectivity index (χ2v) is 5.44. The van der Waals surface area contributed by atoms with Crippen molar-refractivity contribution >= 4 is 11.6 Å². The van der Waals surface area contributed by atoms with Gasteiger partial charge in [0.2, 0.25) is 0 Å². The molecule has 6 nitrogen and oxygen atoms in total. The van der Waals surface area contributed by atoms with E-state index in [0.29, 0.717) is 24.2 Å². The quantitative estimate of drug-likeness (QED) is 0.658.